The van der Waals surface area contributed by atoms with Gasteiger partial charge in [0, 0.05) is 5.39 Å². The highest BCUT2D eigenvalue weighted by Gasteiger charge is 2.32. The van der Waals surface area contributed by atoms with E-state index < -0.39 is 11.9 Å². The number of hydrogen-bond donors (Lipinski definition) is 0. The molecule has 16 heavy (non-hydrogen) atoms. The summed E-state index contributed by atoms with van der Waals surface area (Å²) in [6, 6.07) is 3.54. The zero-order valence-electron chi connectivity index (χ0n) is 7.52. The fraction of sp³-hybridized carbons (Fsp3) is 0.111. The van der Waals surface area contributed by atoms with Crippen molar-refractivity contribution in [2.75, 3.05) is 0 Å². The summed E-state index contributed by atoms with van der Waals surface area (Å²) < 4.78 is 37.0. The van der Waals surface area contributed by atoms with Gasteiger partial charge in [0.2, 0.25) is 0 Å². The summed E-state index contributed by atoms with van der Waals surface area (Å²) in [5.41, 5.74) is -1.09. The molecule has 0 aromatic carbocycles. The van der Waals surface area contributed by atoms with E-state index in [0.717, 1.165) is 6.07 Å². The lowest BCUT2D eigenvalue weighted by Crippen LogP contribution is -2.07. The quantitative estimate of drug-likeness (QED) is 0.675. The van der Waals surface area contributed by atoms with E-state index in [1.165, 1.54) is 12.1 Å². The molecule has 2 aromatic rings. The zero-order chi connectivity index (χ0) is 11.9. The van der Waals surface area contributed by atoms with Gasteiger partial charge in [0.1, 0.15) is 10.8 Å². The Kier molecular flexibility index (Phi) is 2.67. The third kappa shape index (κ3) is 2.05. The van der Waals surface area contributed by atoms with Crippen LogP contribution < -0.4 is 0 Å². The summed E-state index contributed by atoms with van der Waals surface area (Å²) in [6.45, 7) is 0. The molecule has 0 fully saturated rings. The molecule has 0 bridgehead atoms. The number of aromatic nitrogens is 2. The van der Waals surface area contributed by atoms with E-state index in [-0.39, 0.29) is 15.8 Å². The minimum atomic E-state index is -4.50. The first-order valence-corrected chi connectivity index (χ1v) is 4.83. The molecule has 84 valence electrons. The minimum absolute atomic E-state index is 0.0685. The molecule has 0 N–H and O–H groups in total. The Bertz CT molecular complexity index is 554. The third-order valence-electron chi connectivity index (χ3n) is 1.88. The van der Waals surface area contributed by atoms with Crippen LogP contribution in [0.25, 0.3) is 11.0 Å². The topological polar surface area (TPSA) is 25.8 Å². The van der Waals surface area contributed by atoms with Crippen molar-refractivity contribution in [1.29, 1.82) is 0 Å². The van der Waals surface area contributed by atoms with Crippen LogP contribution in [0, 0.1) is 0 Å². The Morgan fingerprint density at radius 2 is 1.75 bits per heavy atom. The van der Waals surface area contributed by atoms with Crippen LogP contribution in [0.3, 0.4) is 0 Å². The third-order valence-corrected chi connectivity index (χ3v) is 2.55. The molecule has 2 nitrogen and oxygen atoms in total. The molecule has 0 aliphatic carbocycles. The highest BCUT2D eigenvalue weighted by molar-refractivity contribution is 6.41. The van der Waals surface area contributed by atoms with Gasteiger partial charge in [-0.2, -0.15) is 13.2 Å². The van der Waals surface area contributed by atoms with Crippen molar-refractivity contribution < 1.29 is 13.2 Å². The first kappa shape index (κ1) is 11.4. The molecule has 0 saturated carbocycles. The van der Waals surface area contributed by atoms with E-state index in [2.05, 4.69) is 9.97 Å². The van der Waals surface area contributed by atoms with Crippen molar-refractivity contribution in [3.8, 4) is 0 Å². The lowest BCUT2D eigenvalue weighted by atomic mass is 10.2. The monoisotopic (exact) mass is 266 g/mol. The Labute approximate surface area is 98.0 Å². The molecule has 0 atom stereocenters. The molecule has 2 aromatic heterocycles. The Morgan fingerprint density at radius 3 is 2.38 bits per heavy atom. The largest absolute Gasteiger partial charge is 0.433 e. The summed E-state index contributed by atoms with van der Waals surface area (Å²) in [5, 5.41) is 0.513. The number of fused-ring (bicyclic) bond motifs is 1. The van der Waals surface area contributed by atoms with Gasteiger partial charge in [-0.3, -0.25) is 0 Å². The standard InChI is InChI=1S/C9H3Cl2F3N2/c10-5-3-4-1-2-6(9(12,13)14)15-8(4)16-7(5)11/h1-3H. The SMILES string of the molecule is FC(F)(F)c1ccc2cc(Cl)c(Cl)nc2n1. The zero-order valence-corrected chi connectivity index (χ0v) is 9.03. The fourth-order valence-electron chi connectivity index (χ4n) is 1.16. The van der Waals surface area contributed by atoms with Crippen molar-refractivity contribution in [2.24, 2.45) is 0 Å². The van der Waals surface area contributed by atoms with Gasteiger partial charge in [-0.15, -0.1) is 0 Å². The molecule has 0 radical (unpaired) electrons. The van der Waals surface area contributed by atoms with Crippen LogP contribution in [-0.2, 0) is 6.18 Å². The highest BCUT2D eigenvalue weighted by atomic mass is 35.5. The first-order valence-electron chi connectivity index (χ1n) is 4.08. The molecule has 0 aliphatic heterocycles. The number of halogens is 5. The lowest BCUT2D eigenvalue weighted by Gasteiger charge is -2.06. The van der Waals surface area contributed by atoms with Crippen LogP contribution in [0.5, 0.6) is 0 Å². The summed E-state index contributed by atoms with van der Waals surface area (Å²) in [7, 11) is 0. The Morgan fingerprint density at radius 1 is 1.06 bits per heavy atom. The molecule has 2 rings (SSSR count). The predicted octanol–water partition coefficient (Wildman–Crippen LogP) is 3.96. The van der Waals surface area contributed by atoms with E-state index in [4.69, 9.17) is 23.2 Å². The van der Waals surface area contributed by atoms with E-state index in [1.807, 2.05) is 0 Å². The molecule has 7 heteroatoms. The molecule has 2 heterocycles. The summed E-state index contributed by atoms with van der Waals surface area (Å²) >= 11 is 11.3. The van der Waals surface area contributed by atoms with Crippen LogP contribution >= 0.6 is 23.2 Å². The molecule has 0 saturated heterocycles. The molecule has 0 unspecified atom stereocenters. The molecular formula is C9H3Cl2F3N2. The van der Waals surface area contributed by atoms with Gasteiger partial charge in [-0.1, -0.05) is 23.2 Å². The van der Waals surface area contributed by atoms with Crippen LogP contribution in [-0.4, -0.2) is 9.97 Å². The molecule has 0 amide bonds. The number of pyridine rings is 2. The second kappa shape index (κ2) is 3.75. The van der Waals surface area contributed by atoms with Crippen LogP contribution in [0.1, 0.15) is 5.69 Å². The Balaban J connectivity index is 2.67. The maximum Gasteiger partial charge on any atom is 0.433 e. The molecule has 0 aliphatic rings. The normalized spacial score (nSPS) is 12.1. The van der Waals surface area contributed by atoms with Crippen molar-refractivity contribution in [3.05, 3.63) is 34.1 Å². The van der Waals surface area contributed by atoms with E-state index >= 15 is 0 Å². The van der Waals surface area contributed by atoms with Crippen molar-refractivity contribution in [3.63, 3.8) is 0 Å². The Hall–Kier alpha value is -1.07. The second-order valence-corrected chi connectivity index (χ2v) is 3.77. The maximum absolute atomic E-state index is 12.3. The smallest absolute Gasteiger partial charge is 0.224 e. The van der Waals surface area contributed by atoms with Gasteiger partial charge in [-0.25, -0.2) is 9.97 Å². The van der Waals surface area contributed by atoms with Gasteiger partial charge in [0.25, 0.3) is 0 Å². The molecule has 0 spiro atoms. The fourth-order valence-corrected chi connectivity index (χ4v) is 1.46. The van der Waals surface area contributed by atoms with Crippen LogP contribution in [0.15, 0.2) is 18.2 Å². The van der Waals surface area contributed by atoms with E-state index in [9.17, 15) is 13.2 Å². The van der Waals surface area contributed by atoms with Gasteiger partial charge in [-0.05, 0) is 18.2 Å². The van der Waals surface area contributed by atoms with Crippen molar-refractivity contribution in [2.45, 2.75) is 6.18 Å². The second-order valence-electron chi connectivity index (χ2n) is 3.00. The summed E-state index contributed by atoms with van der Waals surface area (Å²) in [6.07, 6.45) is -4.50. The lowest BCUT2D eigenvalue weighted by molar-refractivity contribution is -0.141. The average Bonchev–Trinajstić information content (AvgIpc) is 2.17. The van der Waals surface area contributed by atoms with Crippen molar-refractivity contribution in [1.82, 2.24) is 9.97 Å². The minimum Gasteiger partial charge on any atom is -0.224 e. The van der Waals surface area contributed by atoms with Crippen molar-refractivity contribution >= 4 is 34.2 Å². The summed E-state index contributed by atoms with van der Waals surface area (Å²) in [4.78, 5) is 7.04. The maximum atomic E-state index is 12.3. The van der Waals surface area contributed by atoms with Gasteiger partial charge in [0.15, 0.2) is 5.65 Å². The highest BCUT2D eigenvalue weighted by Crippen LogP contribution is 2.30. The average molecular weight is 267 g/mol. The van der Waals surface area contributed by atoms with Gasteiger partial charge in [0.05, 0.1) is 5.02 Å². The van der Waals surface area contributed by atoms with Gasteiger partial charge < -0.3 is 0 Å². The van der Waals surface area contributed by atoms with E-state index in [1.54, 1.807) is 0 Å². The van der Waals surface area contributed by atoms with E-state index in [0.29, 0.717) is 5.39 Å². The summed E-state index contributed by atoms with van der Waals surface area (Å²) in [5.74, 6) is 0. The van der Waals surface area contributed by atoms with Crippen LogP contribution in [0.2, 0.25) is 10.2 Å². The first-order chi connectivity index (χ1) is 7.38. The van der Waals surface area contributed by atoms with Gasteiger partial charge >= 0.3 is 6.18 Å². The number of rotatable bonds is 0. The predicted molar refractivity (Wildman–Crippen MR) is 54.6 cm³/mol. The number of hydrogen-bond acceptors (Lipinski definition) is 2. The molecular weight excluding hydrogens is 264 g/mol. The number of alkyl halides is 3. The number of nitrogens with zero attached hydrogens (tertiary/aromatic N) is 2. The van der Waals surface area contributed by atoms with Crippen LogP contribution in [0.4, 0.5) is 13.2 Å².